The van der Waals surface area contributed by atoms with Gasteiger partial charge < -0.3 is 19.5 Å². The molecule has 1 N–H and O–H groups in total. The van der Waals surface area contributed by atoms with Gasteiger partial charge in [-0.3, -0.25) is 14.5 Å². The number of esters is 1. The number of hydrogen-bond acceptors (Lipinski definition) is 8. The second-order valence-corrected chi connectivity index (χ2v) is 9.78. The van der Waals surface area contributed by atoms with Crippen LogP contribution in [0, 0.1) is 0 Å². The van der Waals surface area contributed by atoms with Crippen LogP contribution in [0.25, 0.3) is 6.08 Å². The molecule has 0 radical (unpaired) electrons. The Morgan fingerprint density at radius 2 is 1.89 bits per heavy atom. The molecule has 1 fully saturated rings. The van der Waals surface area contributed by atoms with E-state index >= 15 is 0 Å². The Morgan fingerprint density at radius 1 is 1.11 bits per heavy atom. The second kappa shape index (κ2) is 12.0. The first kappa shape index (κ1) is 25.7. The van der Waals surface area contributed by atoms with Crippen molar-refractivity contribution in [1.29, 1.82) is 0 Å². The molecule has 0 aromatic heterocycles. The van der Waals surface area contributed by atoms with E-state index in [1.165, 1.54) is 11.8 Å². The molecular weight excluding hydrogens is 500 g/mol. The molecule has 0 aliphatic carbocycles. The number of fused-ring (bicyclic) bond motifs is 1. The number of thiocarbonyl (C=S) groups is 1. The van der Waals surface area contributed by atoms with Gasteiger partial charge in [0.05, 0.1) is 17.1 Å². The molecular formula is C26H26N2O6S2. The Morgan fingerprint density at radius 3 is 2.67 bits per heavy atom. The summed E-state index contributed by atoms with van der Waals surface area (Å²) in [4.78, 5) is 39.0. The first-order chi connectivity index (χ1) is 17.4. The third-order valence-electron chi connectivity index (χ3n) is 5.53. The van der Waals surface area contributed by atoms with Gasteiger partial charge in [0.2, 0.25) is 12.7 Å². The molecule has 0 bridgehead atoms. The zero-order valence-electron chi connectivity index (χ0n) is 19.8. The number of unbranched alkanes of at least 4 members (excludes halogenated alkanes) is 2. The van der Waals surface area contributed by atoms with Crippen LogP contribution in [0.2, 0.25) is 0 Å². The number of anilines is 1. The third-order valence-corrected chi connectivity index (χ3v) is 6.91. The summed E-state index contributed by atoms with van der Waals surface area (Å²) in [7, 11) is 0. The molecule has 2 aliphatic rings. The van der Waals surface area contributed by atoms with Crippen LogP contribution in [0.3, 0.4) is 0 Å². The van der Waals surface area contributed by atoms with Crippen molar-refractivity contribution in [3.63, 3.8) is 0 Å². The predicted molar refractivity (Wildman–Crippen MR) is 142 cm³/mol. The summed E-state index contributed by atoms with van der Waals surface area (Å²) in [5.74, 6) is 0.764. The first-order valence-corrected chi connectivity index (χ1v) is 12.9. The minimum absolute atomic E-state index is 0.101. The monoisotopic (exact) mass is 526 g/mol. The molecule has 2 amide bonds. The molecule has 0 unspecified atom stereocenters. The van der Waals surface area contributed by atoms with Gasteiger partial charge in [0.25, 0.3) is 5.91 Å². The van der Waals surface area contributed by atoms with Crippen molar-refractivity contribution in [1.82, 2.24) is 4.90 Å². The van der Waals surface area contributed by atoms with Crippen LogP contribution in [0.5, 0.6) is 11.5 Å². The number of amides is 2. The fourth-order valence-corrected chi connectivity index (χ4v) is 5.02. The Hall–Kier alpha value is -3.37. The highest BCUT2D eigenvalue weighted by Crippen LogP contribution is 2.36. The highest BCUT2D eigenvalue weighted by molar-refractivity contribution is 8.26. The number of rotatable bonds is 10. The van der Waals surface area contributed by atoms with Gasteiger partial charge in [0.15, 0.2) is 11.5 Å². The van der Waals surface area contributed by atoms with Gasteiger partial charge in [-0.05, 0) is 67.8 Å². The number of nitrogens with one attached hydrogen (secondary N) is 1. The van der Waals surface area contributed by atoms with E-state index in [1.54, 1.807) is 36.1 Å². The van der Waals surface area contributed by atoms with Crippen LogP contribution in [-0.2, 0) is 14.3 Å². The number of benzene rings is 2. The van der Waals surface area contributed by atoms with E-state index in [9.17, 15) is 14.4 Å². The first-order valence-electron chi connectivity index (χ1n) is 11.7. The minimum Gasteiger partial charge on any atom is -0.462 e. The maximum Gasteiger partial charge on any atom is 0.338 e. The molecule has 0 spiro atoms. The van der Waals surface area contributed by atoms with E-state index in [0.717, 1.165) is 18.4 Å². The van der Waals surface area contributed by atoms with Crippen molar-refractivity contribution in [2.75, 3.05) is 25.3 Å². The van der Waals surface area contributed by atoms with E-state index in [1.807, 2.05) is 24.3 Å². The SMILES string of the molecule is CCOC(=O)c1ccc(NC(=O)CCCCCN2C(=O)/C(=C/c3ccc4c(c3)OCO4)SC2=S)cc1. The maximum absolute atomic E-state index is 12.8. The Bertz CT molecular complexity index is 1200. The summed E-state index contributed by atoms with van der Waals surface area (Å²) in [6.45, 7) is 2.78. The molecule has 2 heterocycles. The fraction of sp³-hybridized carbons (Fsp3) is 0.308. The van der Waals surface area contributed by atoms with E-state index < -0.39 is 0 Å². The Kier molecular flexibility index (Phi) is 8.61. The molecule has 8 nitrogen and oxygen atoms in total. The van der Waals surface area contributed by atoms with E-state index in [-0.39, 0.29) is 24.6 Å². The van der Waals surface area contributed by atoms with Crippen molar-refractivity contribution in [3.8, 4) is 11.5 Å². The fourth-order valence-electron chi connectivity index (χ4n) is 3.71. The van der Waals surface area contributed by atoms with Gasteiger partial charge in [-0.1, -0.05) is 36.5 Å². The van der Waals surface area contributed by atoms with Crippen molar-refractivity contribution >= 4 is 57.8 Å². The molecule has 1 saturated heterocycles. The molecule has 0 saturated carbocycles. The number of carbonyl (C=O) groups is 3. The van der Waals surface area contributed by atoms with Gasteiger partial charge in [-0.2, -0.15) is 0 Å². The van der Waals surface area contributed by atoms with Gasteiger partial charge >= 0.3 is 5.97 Å². The molecule has 36 heavy (non-hydrogen) atoms. The van der Waals surface area contributed by atoms with Crippen molar-refractivity contribution in [2.45, 2.75) is 32.6 Å². The molecule has 2 aromatic rings. The number of carbonyl (C=O) groups excluding carboxylic acids is 3. The number of thioether (sulfide) groups is 1. The summed E-state index contributed by atoms with van der Waals surface area (Å²) in [5, 5.41) is 2.83. The van der Waals surface area contributed by atoms with Crippen LogP contribution < -0.4 is 14.8 Å². The molecule has 188 valence electrons. The number of nitrogens with zero attached hydrogens (tertiary/aromatic N) is 1. The predicted octanol–water partition coefficient (Wildman–Crippen LogP) is 4.99. The smallest absolute Gasteiger partial charge is 0.338 e. The highest BCUT2D eigenvalue weighted by atomic mass is 32.2. The lowest BCUT2D eigenvalue weighted by atomic mass is 10.1. The zero-order valence-corrected chi connectivity index (χ0v) is 21.4. The summed E-state index contributed by atoms with van der Waals surface area (Å²) in [6.07, 6.45) is 4.39. The summed E-state index contributed by atoms with van der Waals surface area (Å²) >= 11 is 6.70. The lowest BCUT2D eigenvalue weighted by Gasteiger charge is -2.14. The molecule has 4 rings (SSSR count). The number of hydrogen-bond donors (Lipinski definition) is 1. The minimum atomic E-state index is -0.389. The lowest BCUT2D eigenvalue weighted by molar-refractivity contribution is -0.122. The summed E-state index contributed by atoms with van der Waals surface area (Å²) < 4.78 is 16.2. The Balaban J connectivity index is 1.18. The standard InChI is InChI=1S/C26H26N2O6S2/c1-2-32-25(31)18-8-10-19(11-9-18)27-23(29)6-4-3-5-13-28-24(30)22(36-26(28)35)15-17-7-12-20-21(14-17)34-16-33-20/h7-12,14-15H,2-6,13,16H2,1H3,(H,27,29)/b22-15-. The topological polar surface area (TPSA) is 94.2 Å². The number of ether oxygens (including phenoxy) is 3. The van der Waals surface area contributed by atoms with E-state index in [0.29, 0.717) is 58.0 Å². The normalized spacial score (nSPS) is 15.5. The van der Waals surface area contributed by atoms with E-state index in [4.69, 9.17) is 26.4 Å². The molecule has 10 heteroatoms. The van der Waals surface area contributed by atoms with Crippen molar-refractivity contribution in [3.05, 3.63) is 58.5 Å². The lowest BCUT2D eigenvalue weighted by Crippen LogP contribution is -2.29. The van der Waals surface area contributed by atoms with Gasteiger partial charge in [0, 0.05) is 18.7 Å². The van der Waals surface area contributed by atoms with Gasteiger partial charge in [-0.15, -0.1) is 0 Å². The average Bonchev–Trinajstić information content (AvgIpc) is 3.43. The van der Waals surface area contributed by atoms with Crippen LogP contribution in [0.15, 0.2) is 47.4 Å². The molecule has 0 atom stereocenters. The van der Waals surface area contributed by atoms with Crippen LogP contribution in [-0.4, -0.2) is 46.9 Å². The molecule has 2 aromatic carbocycles. The zero-order chi connectivity index (χ0) is 25.5. The maximum atomic E-state index is 12.8. The van der Waals surface area contributed by atoms with Crippen molar-refractivity contribution in [2.24, 2.45) is 0 Å². The van der Waals surface area contributed by atoms with Crippen molar-refractivity contribution < 1.29 is 28.6 Å². The quantitative estimate of drug-likeness (QED) is 0.200. The average molecular weight is 527 g/mol. The largest absolute Gasteiger partial charge is 0.462 e. The van der Waals surface area contributed by atoms with E-state index in [2.05, 4.69) is 5.32 Å². The third kappa shape index (κ3) is 6.44. The van der Waals surface area contributed by atoms with Gasteiger partial charge in [0.1, 0.15) is 4.32 Å². The highest BCUT2D eigenvalue weighted by Gasteiger charge is 2.31. The van der Waals surface area contributed by atoms with Crippen LogP contribution >= 0.6 is 24.0 Å². The molecule has 2 aliphatic heterocycles. The van der Waals surface area contributed by atoms with Crippen LogP contribution in [0.1, 0.15) is 48.5 Å². The second-order valence-electron chi connectivity index (χ2n) is 8.10. The summed E-state index contributed by atoms with van der Waals surface area (Å²) in [5.41, 5.74) is 1.91. The van der Waals surface area contributed by atoms with Gasteiger partial charge in [-0.25, -0.2) is 4.79 Å². The Labute approximate surface area is 219 Å². The summed E-state index contributed by atoms with van der Waals surface area (Å²) in [6, 6.07) is 12.1. The van der Waals surface area contributed by atoms with Crippen LogP contribution in [0.4, 0.5) is 5.69 Å².